The van der Waals surface area contributed by atoms with Crippen molar-refractivity contribution in [3.8, 4) is 0 Å². The van der Waals surface area contributed by atoms with Crippen molar-refractivity contribution in [2.45, 2.75) is 32.6 Å². The molecule has 1 nitrogen and oxygen atoms in total. The van der Waals surface area contributed by atoms with Gasteiger partial charge in [0.2, 0.25) is 0 Å². The summed E-state index contributed by atoms with van der Waals surface area (Å²) in [5.41, 5.74) is 7.24. The van der Waals surface area contributed by atoms with E-state index in [4.69, 9.17) is 0 Å². The zero-order valence-corrected chi connectivity index (χ0v) is 15.8. The number of aryl methyl sites for hydroxylation is 1. The second kappa shape index (κ2) is 8.05. The van der Waals surface area contributed by atoms with Gasteiger partial charge in [-0.2, -0.15) is 0 Å². The lowest BCUT2D eigenvalue weighted by Crippen LogP contribution is -2.33. The standard InChI is InChI=1S/C25H29N/c1-20-10-12-23(13-11-20)25-9-5-6-21(18-25)19-26-16-14-24(15-17-26)22-7-3-2-4-8-22/h2-4,7-14,21H,5-6,15-19H2,1H3. The van der Waals surface area contributed by atoms with E-state index in [-0.39, 0.29) is 0 Å². The van der Waals surface area contributed by atoms with E-state index < -0.39 is 0 Å². The van der Waals surface area contributed by atoms with Gasteiger partial charge in [-0.1, -0.05) is 72.3 Å². The monoisotopic (exact) mass is 343 g/mol. The molecule has 2 aromatic rings. The van der Waals surface area contributed by atoms with E-state index in [9.17, 15) is 0 Å². The van der Waals surface area contributed by atoms with E-state index in [0.717, 1.165) is 12.5 Å². The van der Waals surface area contributed by atoms with Crippen molar-refractivity contribution >= 4 is 11.1 Å². The van der Waals surface area contributed by atoms with Crippen molar-refractivity contribution in [3.05, 3.63) is 83.4 Å². The Hall–Kier alpha value is -2.12. The molecule has 26 heavy (non-hydrogen) atoms. The van der Waals surface area contributed by atoms with Gasteiger partial charge in [0.1, 0.15) is 0 Å². The van der Waals surface area contributed by atoms with Crippen LogP contribution in [0.2, 0.25) is 0 Å². The van der Waals surface area contributed by atoms with E-state index in [1.54, 1.807) is 5.57 Å². The topological polar surface area (TPSA) is 3.24 Å². The van der Waals surface area contributed by atoms with E-state index in [2.05, 4.69) is 78.6 Å². The minimum atomic E-state index is 0.794. The fourth-order valence-corrected chi connectivity index (χ4v) is 4.31. The molecule has 0 saturated carbocycles. The Labute approximate surface area is 158 Å². The minimum absolute atomic E-state index is 0.794. The van der Waals surface area contributed by atoms with Crippen molar-refractivity contribution in [1.29, 1.82) is 0 Å². The minimum Gasteiger partial charge on any atom is -0.299 e. The Morgan fingerprint density at radius 2 is 1.65 bits per heavy atom. The van der Waals surface area contributed by atoms with Gasteiger partial charge in [0, 0.05) is 19.6 Å². The van der Waals surface area contributed by atoms with E-state index in [1.807, 2.05) is 0 Å². The lowest BCUT2D eigenvalue weighted by Gasteiger charge is -2.32. The molecule has 0 N–H and O–H groups in total. The number of hydrogen-bond acceptors (Lipinski definition) is 1. The highest BCUT2D eigenvalue weighted by atomic mass is 15.1. The predicted molar refractivity (Wildman–Crippen MR) is 112 cm³/mol. The summed E-state index contributed by atoms with van der Waals surface area (Å²) in [4.78, 5) is 2.65. The fourth-order valence-electron chi connectivity index (χ4n) is 4.31. The lowest BCUT2D eigenvalue weighted by atomic mass is 9.85. The first kappa shape index (κ1) is 17.3. The third-order valence-corrected chi connectivity index (χ3v) is 5.85. The second-order valence-electron chi connectivity index (χ2n) is 7.85. The van der Waals surface area contributed by atoms with Crippen LogP contribution in [0, 0.1) is 12.8 Å². The van der Waals surface area contributed by atoms with Crippen molar-refractivity contribution in [3.63, 3.8) is 0 Å². The summed E-state index contributed by atoms with van der Waals surface area (Å²) in [6.45, 7) is 5.70. The molecule has 0 radical (unpaired) electrons. The van der Waals surface area contributed by atoms with Crippen LogP contribution in [0.5, 0.6) is 0 Å². The molecule has 1 aliphatic carbocycles. The SMILES string of the molecule is Cc1ccc(C2=CCCC(CN3CC=C(c4ccccc4)CC3)C2)cc1. The molecule has 0 amide bonds. The lowest BCUT2D eigenvalue weighted by molar-refractivity contribution is 0.244. The maximum Gasteiger partial charge on any atom is 0.0169 e. The smallest absolute Gasteiger partial charge is 0.0169 e. The van der Waals surface area contributed by atoms with Crippen LogP contribution < -0.4 is 0 Å². The first-order chi connectivity index (χ1) is 12.8. The molecular weight excluding hydrogens is 314 g/mol. The molecule has 134 valence electrons. The van der Waals surface area contributed by atoms with Gasteiger partial charge in [-0.05, 0) is 60.8 Å². The quantitative estimate of drug-likeness (QED) is 0.661. The van der Waals surface area contributed by atoms with Crippen LogP contribution in [0.4, 0.5) is 0 Å². The highest BCUT2D eigenvalue weighted by Crippen LogP contribution is 2.32. The van der Waals surface area contributed by atoms with Crippen molar-refractivity contribution in [2.75, 3.05) is 19.6 Å². The molecule has 1 atom stereocenters. The van der Waals surface area contributed by atoms with Crippen LogP contribution in [0.3, 0.4) is 0 Å². The first-order valence-corrected chi connectivity index (χ1v) is 10.0. The molecule has 2 aromatic carbocycles. The largest absolute Gasteiger partial charge is 0.299 e. The van der Waals surface area contributed by atoms with E-state index in [1.165, 1.54) is 61.0 Å². The summed E-state index contributed by atoms with van der Waals surface area (Å²) in [6, 6.07) is 19.9. The third-order valence-electron chi connectivity index (χ3n) is 5.85. The van der Waals surface area contributed by atoms with Crippen molar-refractivity contribution in [1.82, 2.24) is 4.90 Å². The van der Waals surface area contributed by atoms with Gasteiger partial charge in [0.05, 0.1) is 0 Å². The second-order valence-corrected chi connectivity index (χ2v) is 7.85. The van der Waals surface area contributed by atoms with Crippen LogP contribution in [-0.4, -0.2) is 24.5 Å². The van der Waals surface area contributed by atoms with Crippen molar-refractivity contribution < 1.29 is 0 Å². The zero-order chi connectivity index (χ0) is 17.8. The molecule has 1 heteroatoms. The van der Waals surface area contributed by atoms with Gasteiger partial charge in [-0.3, -0.25) is 4.90 Å². The van der Waals surface area contributed by atoms with Crippen LogP contribution in [0.1, 0.15) is 42.4 Å². The summed E-state index contributed by atoms with van der Waals surface area (Å²) >= 11 is 0. The molecule has 0 spiro atoms. The first-order valence-electron chi connectivity index (χ1n) is 10.0. The van der Waals surface area contributed by atoms with Gasteiger partial charge in [0.25, 0.3) is 0 Å². The summed E-state index contributed by atoms with van der Waals surface area (Å²) in [7, 11) is 0. The summed E-state index contributed by atoms with van der Waals surface area (Å²) in [5.74, 6) is 0.794. The van der Waals surface area contributed by atoms with Gasteiger partial charge in [0.15, 0.2) is 0 Å². The normalized spacial score (nSPS) is 21.2. The van der Waals surface area contributed by atoms with Gasteiger partial charge < -0.3 is 0 Å². The van der Waals surface area contributed by atoms with Crippen LogP contribution in [0.25, 0.3) is 11.1 Å². The molecule has 1 aliphatic heterocycles. The molecule has 0 fully saturated rings. The summed E-state index contributed by atoms with van der Waals surface area (Å²) in [6.07, 6.45) is 9.88. The zero-order valence-electron chi connectivity index (χ0n) is 15.8. The Kier molecular flexibility index (Phi) is 5.36. The summed E-state index contributed by atoms with van der Waals surface area (Å²) in [5, 5.41) is 0. The average Bonchev–Trinajstić information content (AvgIpc) is 2.70. The Morgan fingerprint density at radius 1 is 0.885 bits per heavy atom. The van der Waals surface area contributed by atoms with Crippen LogP contribution in [0.15, 0.2) is 66.7 Å². The number of nitrogens with zero attached hydrogens (tertiary/aromatic N) is 1. The molecule has 0 saturated heterocycles. The maximum absolute atomic E-state index is 2.65. The highest BCUT2D eigenvalue weighted by molar-refractivity contribution is 5.67. The van der Waals surface area contributed by atoms with Gasteiger partial charge in [-0.15, -0.1) is 0 Å². The van der Waals surface area contributed by atoms with Crippen LogP contribution in [-0.2, 0) is 0 Å². The van der Waals surface area contributed by atoms with Gasteiger partial charge >= 0.3 is 0 Å². The predicted octanol–water partition coefficient (Wildman–Crippen LogP) is 5.97. The molecular formula is C25H29N. The number of benzene rings is 2. The molecule has 0 bridgehead atoms. The number of rotatable bonds is 4. The van der Waals surface area contributed by atoms with E-state index >= 15 is 0 Å². The van der Waals surface area contributed by atoms with Crippen molar-refractivity contribution in [2.24, 2.45) is 5.92 Å². The molecule has 4 rings (SSSR count). The Morgan fingerprint density at radius 3 is 2.38 bits per heavy atom. The molecule has 2 aliphatic rings. The maximum atomic E-state index is 2.65. The number of allylic oxidation sites excluding steroid dienone is 2. The average molecular weight is 344 g/mol. The van der Waals surface area contributed by atoms with Crippen LogP contribution >= 0.6 is 0 Å². The third kappa shape index (κ3) is 4.16. The molecule has 0 aromatic heterocycles. The van der Waals surface area contributed by atoms with Gasteiger partial charge in [-0.25, -0.2) is 0 Å². The molecule has 1 unspecified atom stereocenters. The number of hydrogen-bond donors (Lipinski definition) is 0. The highest BCUT2D eigenvalue weighted by Gasteiger charge is 2.21. The fraction of sp³-hybridized carbons (Fsp3) is 0.360. The summed E-state index contributed by atoms with van der Waals surface area (Å²) < 4.78 is 0. The molecule has 1 heterocycles. The van der Waals surface area contributed by atoms with E-state index in [0.29, 0.717) is 0 Å². The Balaban J connectivity index is 1.35. The Bertz CT molecular complexity index is 783.